The molecule has 160 valence electrons. The molecule has 1 unspecified atom stereocenters. The monoisotopic (exact) mass is 417 g/mol. The van der Waals surface area contributed by atoms with Crippen molar-refractivity contribution in [1.29, 1.82) is 0 Å². The third kappa shape index (κ3) is 5.18. The van der Waals surface area contributed by atoms with Crippen LogP contribution in [0.5, 0.6) is 17.2 Å². The molecule has 1 saturated heterocycles. The highest BCUT2D eigenvalue weighted by Gasteiger charge is 2.29. The minimum atomic E-state index is 0.00981. The fraction of sp³-hybridized carbons (Fsp3) is 0.269. The van der Waals surface area contributed by atoms with E-state index in [0.29, 0.717) is 37.0 Å². The van der Waals surface area contributed by atoms with Gasteiger partial charge in [0.1, 0.15) is 30.5 Å². The minimum Gasteiger partial charge on any atom is -0.497 e. The number of likely N-dealkylation sites (tertiary alicyclic amines) is 1. The van der Waals surface area contributed by atoms with Gasteiger partial charge in [-0.1, -0.05) is 42.5 Å². The number of benzene rings is 3. The molecule has 5 heteroatoms. The molecule has 0 radical (unpaired) electrons. The highest BCUT2D eigenvalue weighted by Crippen LogP contribution is 2.30. The summed E-state index contributed by atoms with van der Waals surface area (Å²) in [6, 6.07) is 25.2. The van der Waals surface area contributed by atoms with Gasteiger partial charge in [0.05, 0.1) is 12.7 Å². The fourth-order valence-electron chi connectivity index (χ4n) is 3.86. The Bertz CT molecular complexity index is 988. The number of hydrogen-bond donors (Lipinski definition) is 0. The second-order valence-corrected chi connectivity index (χ2v) is 7.52. The average molecular weight is 418 g/mol. The Morgan fingerprint density at radius 2 is 1.58 bits per heavy atom. The van der Waals surface area contributed by atoms with Crippen molar-refractivity contribution in [3.05, 3.63) is 90.0 Å². The zero-order valence-corrected chi connectivity index (χ0v) is 17.7. The summed E-state index contributed by atoms with van der Waals surface area (Å²) in [5.74, 6) is 2.59. The van der Waals surface area contributed by atoms with E-state index in [4.69, 9.17) is 14.2 Å². The molecule has 1 fully saturated rings. The van der Waals surface area contributed by atoms with Crippen LogP contribution in [0.25, 0.3) is 0 Å². The lowest BCUT2D eigenvalue weighted by molar-refractivity contribution is 0.0785. The Morgan fingerprint density at radius 1 is 0.871 bits per heavy atom. The van der Waals surface area contributed by atoms with E-state index in [-0.39, 0.29) is 5.91 Å². The lowest BCUT2D eigenvalue weighted by atomic mass is 9.98. The van der Waals surface area contributed by atoms with Crippen molar-refractivity contribution in [3.63, 3.8) is 0 Å². The van der Waals surface area contributed by atoms with Gasteiger partial charge >= 0.3 is 0 Å². The van der Waals surface area contributed by atoms with Crippen molar-refractivity contribution in [2.75, 3.05) is 33.4 Å². The standard InChI is InChI=1S/C26H27NO4/c1-29-22-13-11-20(12-14-22)21-15-16-27(19-21)26(28)24-9-5-6-10-25(24)31-18-17-30-23-7-3-2-4-8-23/h2-14,21H,15-19H2,1H3. The maximum absolute atomic E-state index is 13.2. The first-order valence-electron chi connectivity index (χ1n) is 10.6. The molecule has 5 nitrogen and oxygen atoms in total. The summed E-state index contributed by atoms with van der Waals surface area (Å²) < 4.78 is 16.8. The largest absolute Gasteiger partial charge is 0.497 e. The number of carbonyl (C=O) groups excluding carboxylic acids is 1. The molecule has 0 aliphatic carbocycles. The SMILES string of the molecule is COc1ccc(C2CCN(C(=O)c3ccccc3OCCOc3ccccc3)C2)cc1. The molecule has 1 heterocycles. The number of amides is 1. The molecule has 0 spiro atoms. The molecule has 3 aromatic carbocycles. The summed E-state index contributed by atoms with van der Waals surface area (Å²) in [7, 11) is 1.66. The predicted octanol–water partition coefficient (Wildman–Crippen LogP) is 4.78. The Kier molecular flexibility index (Phi) is 6.72. The number of nitrogens with zero attached hydrogens (tertiary/aromatic N) is 1. The molecule has 1 atom stereocenters. The molecule has 0 aromatic heterocycles. The number of methoxy groups -OCH3 is 1. The van der Waals surface area contributed by atoms with Gasteiger partial charge in [0.2, 0.25) is 0 Å². The summed E-state index contributed by atoms with van der Waals surface area (Å²) in [6.07, 6.45) is 0.950. The van der Waals surface area contributed by atoms with E-state index in [0.717, 1.165) is 24.5 Å². The van der Waals surface area contributed by atoms with Crippen LogP contribution in [0.4, 0.5) is 0 Å². The maximum Gasteiger partial charge on any atom is 0.257 e. The van der Waals surface area contributed by atoms with Gasteiger partial charge in [0.15, 0.2) is 0 Å². The number of rotatable bonds is 8. The number of carbonyl (C=O) groups is 1. The van der Waals surface area contributed by atoms with Crippen LogP contribution >= 0.6 is 0 Å². The van der Waals surface area contributed by atoms with Crippen LogP contribution in [-0.2, 0) is 0 Å². The highest BCUT2D eigenvalue weighted by atomic mass is 16.5. The molecule has 1 amide bonds. The van der Waals surface area contributed by atoms with Crippen molar-refractivity contribution in [3.8, 4) is 17.2 Å². The lowest BCUT2D eigenvalue weighted by Gasteiger charge is -2.19. The van der Waals surface area contributed by atoms with Crippen molar-refractivity contribution in [1.82, 2.24) is 4.90 Å². The molecular formula is C26H27NO4. The molecule has 3 aromatic rings. The van der Waals surface area contributed by atoms with Crippen LogP contribution < -0.4 is 14.2 Å². The van der Waals surface area contributed by atoms with Crippen LogP contribution in [0, 0.1) is 0 Å². The second-order valence-electron chi connectivity index (χ2n) is 7.52. The Balaban J connectivity index is 1.35. The number of ether oxygens (including phenoxy) is 3. The predicted molar refractivity (Wildman–Crippen MR) is 120 cm³/mol. The second kappa shape index (κ2) is 10.0. The third-order valence-corrected chi connectivity index (χ3v) is 5.53. The zero-order valence-electron chi connectivity index (χ0n) is 17.7. The number of hydrogen-bond acceptors (Lipinski definition) is 4. The van der Waals surface area contributed by atoms with E-state index in [1.807, 2.05) is 71.6 Å². The van der Waals surface area contributed by atoms with E-state index in [1.54, 1.807) is 7.11 Å². The van der Waals surface area contributed by atoms with Gasteiger partial charge in [-0.05, 0) is 48.4 Å². The van der Waals surface area contributed by atoms with E-state index < -0.39 is 0 Å². The number of para-hydroxylation sites is 2. The average Bonchev–Trinajstić information content (AvgIpc) is 3.33. The molecular weight excluding hydrogens is 390 g/mol. The van der Waals surface area contributed by atoms with Crippen molar-refractivity contribution >= 4 is 5.91 Å². The van der Waals surface area contributed by atoms with Gasteiger partial charge in [-0.2, -0.15) is 0 Å². The van der Waals surface area contributed by atoms with Gasteiger partial charge in [-0.3, -0.25) is 4.79 Å². The van der Waals surface area contributed by atoms with E-state index in [1.165, 1.54) is 5.56 Å². The normalized spacial score (nSPS) is 15.5. The smallest absolute Gasteiger partial charge is 0.257 e. The summed E-state index contributed by atoms with van der Waals surface area (Å²) in [5.41, 5.74) is 1.83. The molecule has 1 aliphatic rings. The first-order chi connectivity index (χ1) is 15.2. The Labute approximate surface area is 183 Å². The summed E-state index contributed by atoms with van der Waals surface area (Å²) in [6.45, 7) is 2.22. The lowest BCUT2D eigenvalue weighted by Crippen LogP contribution is -2.29. The van der Waals surface area contributed by atoms with E-state index >= 15 is 0 Å². The van der Waals surface area contributed by atoms with Gasteiger partial charge < -0.3 is 19.1 Å². The summed E-state index contributed by atoms with van der Waals surface area (Å²) in [5, 5.41) is 0. The van der Waals surface area contributed by atoms with Gasteiger partial charge in [0.25, 0.3) is 5.91 Å². The van der Waals surface area contributed by atoms with Crippen LogP contribution in [-0.4, -0.2) is 44.2 Å². The maximum atomic E-state index is 13.2. The fourth-order valence-corrected chi connectivity index (χ4v) is 3.86. The molecule has 0 N–H and O–H groups in total. The third-order valence-electron chi connectivity index (χ3n) is 5.53. The molecule has 0 saturated carbocycles. The Hall–Kier alpha value is -3.47. The topological polar surface area (TPSA) is 48.0 Å². The highest BCUT2D eigenvalue weighted by molar-refractivity contribution is 5.97. The van der Waals surface area contributed by atoms with Crippen LogP contribution in [0.1, 0.15) is 28.3 Å². The van der Waals surface area contributed by atoms with E-state index in [9.17, 15) is 4.79 Å². The zero-order chi connectivity index (χ0) is 21.5. The first kappa shape index (κ1) is 20.8. The minimum absolute atomic E-state index is 0.00981. The van der Waals surface area contributed by atoms with Crippen molar-refractivity contribution in [2.45, 2.75) is 12.3 Å². The molecule has 0 bridgehead atoms. The quantitative estimate of drug-likeness (QED) is 0.495. The Morgan fingerprint density at radius 3 is 2.35 bits per heavy atom. The summed E-state index contributed by atoms with van der Waals surface area (Å²) in [4.78, 5) is 15.1. The van der Waals surface area contributed by atoms with Crippen LogP contribution in [0.3, 0.4) is 0 Å². The van der Waals surface area contributed by atoms with E-state index in [2.05, 4.69) is 12.1 Å². The molecule has 4 rings (SSSR count). The van der Waals surface area contributed by atoms with Crippen LogP contribution in [0.15, 0.2) is 78.9 Å². The van der Waals surface area contributed by atoms with Gasteiger partial charge in [-0.25, -0.2) is 0 Å². The molecule has 1 aliphatic heterocycles. The summed E-state index contributed by atoms with van der Waals surface area (Å²) >= 11 is 0. The van der Waals surface area contributed by atoms with Crippen molar-refractivity contribution < 1.29 is 19.0 Å². The van der Waals surface area contributed by atoms with Crippen LogP contribution in [0.2, 0.25) is 0 Å². The first-order valence-corrected chi connectivity index (χ1v) is 10.6. The van der Waals surface area contributed by atoms with Gasteiger partial charge in [-0.15, -0.1) is 0 Å². The van der Waals surface area contributed by atoms with Gasteiger partial charge in [0, 0.05) is 19.0 Å². The van der Waals surface area contributed by atoms with Crippen molar-refractivity contribution in [2.24, 2.45) is 0 Å². The molecule has 31 heavy (non-hydrogen) atoms.